The highest BCUT2D eigenvalue weighted by Crippen LogP contribution is 2.05. The van der Waals surface area contributed by atoms with E-state index in [1.165, 1.54) is 0 Å². The number of benzene rings is 1. The van der Waals surface area contributed by atoms with E-state index >= 15 is 0 Å². The van der Waals surface area contributed by atoms with E-state index in [4.69, 9.17) is 9.52 Å². The zero-order valence-electron chi connectivity index (χ0n) is 11.5. The molecule has 0 fully saturated rings. The van der Waals surface area contributed by atoms with E-state index in [1.54, 1.807) is 36.6 Å². The summed E-state index contributed by atoms with van der Waals surface area (Å²) in [5, 5.41) is 11.6. The van der Waals surface area contributed by atoms with E-state index in [2.05, 4.69) is 5.32 Å². The number of rotatable bonds is 7. The number of amides is 1. The van der Waals surface area contributed by atoms with Gasteiger partial charge >= 0.3 is 5.97 Å². The normalized spacial score (nSPS) is 10.3. The molecule has 2 aromatic rings. The maximum Gasteiger partial charge on any atom is 0.335 e. The van der Waals surface area contributed by atoms with Gasteiger partial charge in [-0.3, -0.25) is 4.79 Å². The Labute approximate surface area is 122 Å². The van der Waals surface area contributed by atoms with Crippen LogP contribution >= 0.6 is 0 Å². The summed E-state index contributed by atoms with van der Waals surface area (Å²) in [6, 6.07) is 10.3. The lowest BCUT2D eigenvalue weighted by atomic mass is 10.1. The van der Waals surface area contributed by atoms with E-state index < -0.39 is 5.97 Å². The van der Waals surface area contributed by atoms with Crippen LogP contribution in [0.25, 0.3) is 0 Å². The van der Waals surface area contributed by atoms with Gasteiger partial charge in [0.2, 0.25) is 5.91 Å². The van der Waals surface area contributed by atoms with Crippen LogP contribution in [0.15, 0.2) is 47.1 Å². The summed E-state index contributed by atoms with van der Waals surface area (Å²) in [7, 11) is 0. The van der Waals surface area contributed by atoms with E-state index in [9.17, 15) is 9.59 Å². The van der Waals surface area contributed by atoms with Gasteiger partial charge in [-0.25, -0.2) is 4.79 Å². The fourth-order valence-electron chi connectivity index (χ4n) is 1.94. The Hall–Kier alpha value is -2.56. The van der Waals surface area contributed by atoms with Crippen molar-refractivity contribution in [3.8, 4) is 0 Å². The molecule has 1 aromatic heterocycles. The number of carboxylic acids is 1. The highest BCUT2D eigenvalue weighted by molar-refractivity contribution is 5.87. The zero-order valence-corrected chi connectivity index (χ0v) is 11.5. The molecule has 0 aliphatic rings. The standard InChI is InChI=1S/C16H17NO4/c18-15(8-7-14-2-1-11-21-14)17-10-9-12-3-5-13(6-4-12)16(19)20/h1-6,11H,7-10H2,(H,17,18)(H,19,20). The van der Waals surface area contributed by atoms with Crippen LogP contribution in [0.5, 0.6) is 0 Å². The number of aryl methyl sites for hydroxylation is 1. The van der Waals surface area contributed by atoms with Crippen molar-refractivity contribution in [2.24, 2.45) is 0 Å². The Morgan fingerprint density at radius 2 is 1.86 bits per heavy atom. The number of hydrogen-bond acceptors (Lipinski definition) is 3. The van der Waals surface area contributed by atoms with Crippen molar-refractivity contribution in [3.63, 3.8) is 0 Å². The third-order valence-corrected chi connectivity index (χ3v) is 3.12. The molecule has 5 heteroatoms. The maximum absolute atomic E-state index is 11.6. The van der Waals surface area contributed by atoms with Crippen molar-refractivity contribution in [2.45, 2.75) is 19.3 Å². The molecule has 0 spiro atoms. The SMILES string of the molecule is O=C(CCc1ccco1)NCCc1ccc(C(=O)O)cc1. The summed E-state index contributed by atoms with van der Waals surface area (Å²) in [6.45, 7) is 0.531. The number of carbonyl (C=O) groups is 2. The van der Waals surface area contributed by atoms with Crippen molar-refractivity contribution >= 4 is 11.9 Å². The van der Waals surface area contributed by atoms with Gasteiger partial charge in [0.15, 0.2) is 0 Å². The molecule has 0 saturated heterocycles. The number of aromatic carboxylic acids is 1. The van der Waals surface area contributed by atoms with E-state index in [-0.39, 0.29) is 11.5 Å². The first-order valence-electron chi connectivity index (χ1n) is 6.76. The third-order valence-electron chi connectivity index (χ3n) is 3.12. The second-order valence-electron chi connectivity index (χ2n) is 4.68. The molecule has 0 saturated carbocycles. The predicted molar refractivity (Wildman–Crippen MR) is 77.1 cm³/mol. The Bertz CT molecular complexity index is 587. The van der Waals surface area contributed by atoms with Crippen molar-refractivity contribution in [3.05, 3.63) is 59.5 Å². The first-order valence-corrected chi connectivity index (χ1v) is 6.76. The number of nitrogens with one attached hydrogen (secondary N) is 1. The Morgan fingerprint density at radius 3 is 2.48 bits per heavy atom. The maximum atomic E-state index is 11.6. The lowest BCUT2D eigenvalue weighted by molar-refractivity contribution is -0.121. The van der Waals surface area contributed by atoms with Gasteiger partial charge in [-0.15, -0.1) is 0 Å². The predicted octanol–water partition coefficient (Wildman–Crippen LogP) is 2.27. The summed E-state index contributed by atoms with van der Waals surface area (Å²) in [4.78, 5) is 22.4. The number of carboxylic acid groups (broad SMARTS) is 1. The molecule has 1 amide bonds. The fourth-order valence-corrected chi connectivity index (χ4v) is 1.94. The highest BCUT2D eigenvalue weighted by atomic mass is 16.4. The number of furan rings is 1. The molecule has 0 bridgehead atoms. The van der Waals surface area contributed by atoms with Gasteiger partial charge < -0.3 is 14.8 Å². The molecule has 0 atom stereocenters. The van der Waals surface area contributed by atoms with Gasteiger partial charge in [-0.05, 0) is 36.2 Å². The molecule has 5 nitrogen and oxygen atoms in total. The molecule has 0 aliphatic carbocycles. The Morgan fingerprint density at radius 1 is 1.10 bits per heavy atom. The van der Waals surface area contributed by atoms with E-state index in [0.717, 1.165) is 11.3 Å². The summed E-state index contributed by atoms with van der Waals surface area (Å²) in [5.41, 5.74) is 1.26. The minimum Gasteiger partial charge on any atom is -0.478 e. The topological polar surface area (TPSA) is 79.5 Å². The van der Waals surface area contributed by atoms with Crippen LogP contribution in [0.4, 0.5) is 0 Å². The fraction of sp³-hybridized carbons (Fsp3) is 0.250. The van der Waals surface area contributed by atoms with Crippen molar-refractivity contribution in [1.29, 1.82) is 0 Å². The summed E-state index contributed by atoms with van der Waals surface area (Å²) in [6.07, 6.45) is 3.25. The first-order chi connectivity index (χ1) is 10.1. The van der Waals surface area contributed by atoms with Crippen LogP contribution in [0, 0.1) is 0 Å². The lowest BCUT2D eigenvalue weighted by Crippen LogP contribution is -2.25. The van der Waals surface area contributed by atoms with Gasteiger partial charge in [0.25, 0.3) is 0 Å². The minimum absolute atomic E-state index is 0.0199. The second-order valence-corrected chi connectivity index (χ2v) is 4.68. The largest absolute Gasteiger partial charge is 0.478 e. The van der Waals surface area contributed by atoms with Crippen molar-refractivity contribution in [1.82, 2.24) is 5.32 Å². The minimum atomic E-state index is -0.937. The van der Waals surface area contributed by atoms with E-state index in [0.29, 0.717) is 25.8 Å². The molecule has 110 valence electrons. The van der Waals surface area contributed by atoms with Crippen LogP contribution in [0.2, 0.25) is 0 Å². The molecule has 0 radical (unpaired) electrons. The van der Waals surface area contributed by atoms with Crippen molar-refractivity contribution in [2.75, 3.05) is 6.54 Å². The zero-order chi connectivity index (χ0) is 15.1. The van der Waals surface area contributed by atoms with Crippen LogP contribution in [-0.4, -0.2) is 23.5 Å². The van der Waals surface area contributed by atoms with Crippen LogP contribution in [-0.2, 0) is 17.6 Å². The smallest absolute Gasteiger partial charge is 0.335 e. The number of hydrogen-bond donors (Lipinski definition) is 2. The first kappa shape index (κ1) is 14.8. The summed E-state index contributed by atoms with van der Waals surface area (Å²) in [5.74, 6) is -0.157. The summed E-state index contributed by atoms with van der Waals surface area (Å²) >= 11 is 0. The molecule has 21 heavy (non-hydrogen) atoms. The Kier molecular flexibility index (Phi) is 5.15. The molecule has 2 rings (SSSR count). The van der Waals surface area contributed by atoms with Gasteiger partial charge in [0.1, 0.15) is 5.76 Å². The van der Waals surface area contributed by atoms with Crippen molar-refractivity contribution < 1.29 is 19.1 Å². The van der Waals surface area contributed by atoms with Gasteiger partial charge in [0.05, 0.1) is 11.8 Å². The molecule has 2 N–H and O–H groups in total. The van der Waals surface area contributed by atoms with Crippen LogP contribution in [0.1, 0.15) is 28.1 Å². The quantitative estimate of drug-likeness (QED) is 0.818. The lowest BCUT2D eigenvalue weighted by Gasteiger charge is -2.05. The molecule has 1 aromatic carbocycles. The van der Waals surface area contributed by atoms with Crippen LogP contribution in [0.3, 0.4) is 0 Å². The number of carbonyl (C=O) groups excluding carboxylic acids is 1. The monoisotopic (exact) mass is 287 g/mol. The highest BCUT2D eigenvalue weighted by Gasteiger charge is 2.04. The Balaban J connectivity index is 1.68. The molecule has 0 unspecified atom stereocenters. The molecular formula is C16H17NO4. The third kappa shape index (κ3) is 4.80. The summed E-state index contributed by atoms with van der Waals surface area (Å²) < 4.78 is 5.16. The van der Waals surface area contributed by atoms with Gasteiger partial charge in [0, 0.05) is 19.4 Å². The second kappa shape index (κ2) is 7.28. The average Bonchev–Trinajstić information content (AvgIpc) is 2.99. The van der Waals surface area contributed by atoms with E-state index in [1.807, 2.05) is 6.07 Å². The molecule has 0 aliphatic heterocycles. The van der Waals surface area contributed by atoms with Gasteiger partial charge in [-0.2, -0.15) is 0 Å². The molecular weight excluding hydrogens is 270 g/mol. The van der Waals surface area contributed by atoms with Gasteiger partial charge in [-0.1, -0.05) is 12.1 Å². The van der Waals surface area contributed by atoms with Crippen LogP contribution < -0.4 is 5.32 Å². The average molecular weight is 287 g/mol. The molecule has 1 heterocycles.